The van der Waals surface area contributed by atoms with Crippen molar-refractivity contribution in [1.82, 2.24) is 5.32 Å². The highest BCUT2D eigenvalue weighted by molar-refractivity contribution is 5.67. The van der Waals surface area contributed by atoms with Gasteiger partial charge in [0, 0.05) is 12.2 Å². The number of amides is 1. The van der Waals surface area contributed by atoms with Gasteiger partial charge in [0.2, 0.25) is 0 Å². The lowest BCUT2D eigenvalue weighted by Crippen LogP contribution is -2.24. The van der Waals surface area contributed by atoms with Crippen LogP contribution >= 0.6 is 0 Å². The Labute approximate surface area is 124 Å². The van der Waals surface area contributed by atoms with Gasteiger partial charge < -0.3 is 15.8 Å². The Kier molecular flexibility index (Phi) is 5.41. The highest BCUT2D eigenvalue weighted by atomic mass is 16.5. The van der Waals surface area contributed by atoms with E-state index in [1.807, 2.05) is 66.7 Å². The van der Waals surface area contributed by atoms with E-state index in [2.05, 4.69) is 5.32 Å². The van der Waals surface area contributed by atoms with Crippen LogP contribution in [0.1, 0.15) is 11.1 Å². The van der Waals surface area contributed by atoms with Gasteiger partial charge in [0.05, 0.1) is 0 Å². The number of rotatable bonds is 5. The lowest BCUT2D eigenvalue weighted by Gasteiger charge is -2.05. The molecule has 0 atom stereocenters. The molecular formula is C17H18N2O2. The van der Waals surface area contributed by atoms with Crippen molar-refractivity contribution in [2.75, 3.05) is 12.3 Å². The van der Waals surface area contributed by atoms with Gasteiger partial charge in [0.25, 0.3) is 0 Å². The fourth-order valence-electron chi connectivity index (χ4n) is 1.77. The van der Waals surface area contributed by atoms with Crippen LogP contribution in [0.3, 0.4) is 0 Å². The molecule has 0 unspecified atom stereocenters. The molecule has 21 heavy (non-hydrogen) atoms. The molecule has 0 aliphatic carbocycles. The number of anilines is 1. The smallest absolute Gasteiger partial charge is 0.407 e. The Morgan fingerprint density at radius 2 is 1.95 bits per heavy atom. The maximum atomic E-state index is 11.5. The second kappa shape index (κ2) is 7.75. The van der Waals surface area contributed by atoms with Gasteiger partial charge in [-0.15, -0.1) is 0 Å². The molecule has 108 valence electrons. The van der Waals surface area contributed by atoms with Crippen molar-refractivity contribution < 1.29 is 9.53 Å². The zero-order valence-corrected chi connectivity index (χ0v) is 11.7. The van der Waals surface area contributed by atoms with E-state index in [1.165, 1.54) is 0 Å². The molecule has 0 aliphatic rings. The quantitative estimate of drug-likeness (QED) is 0.828. The molecule has 0 fully saturated rings. The number of ether oxygens (including phenoxy) is 1. The van der Waals surface area contributed by atoms with E-state index in [9.17, 15) is 4.79 Å². The lowest BCUT2D eigenvalue weighted by atomic mass is 10.2. The molecule has 2 aromatic rings. The highest BCUT2D eigenvalue weighted by Gasteiger charge is 1.99. The fraction of sp³-hybridized carbons (Fsp3) is 0.118. The Morgan fingerprint density at radius 1 is 1.14 bits per heavy atom. The normalized spacial score (nSPS) is 10.5. The summed E-state index contributed by atoms with van der Waals surface area (Å²) >= 11 is 0. The summed E-state index contributed by atoms with van der Waals surface area (Å²) in [7, 11) is 0. The fourth-order valence-corrected chi connectivity index (χ4v) is 1.77. The summed E-state index contributed by atoms with van der Waals surface area (Å²) in [5.41, 5.74) is 8.35. The van der Waals surface area contributed by atoms with Gasteiger partial charge in [-0.05, 0) is 23.3 Å². The summed E-state index contributed by atoms with van der Waals surface area (Å²) in [5.74, 6) is 0. The SMILES string of the molecule is Nc1cccc(C=CCNC(=O)OCc2ccccc2)c1. The standard InChI is InChI=1S/C17H18N2O2/c18-16-10-4-8-14(12-16)9-5-11-19-17(20)21-13-15-6-2-1-3-7-15/h1-10,12H,11,13,18H2,(H,19,20). The molecule has 0 radical (unpaired) electrons. The number of nitrogen functional groups attached to an aromatic ring is 1. The summed E-state index contributed by atoms with van der Waals surface area (Å²) in [6.45, 7) is 0.675. The maximum absolute atomic E-state index is 11.5. The monoisotopic (exact) mass is 282 g/mol. The Bertz CT molecular complexity index is 609. The van der Waals surface area contributed by atoms with E-state index in [0.29, 0.717) is 12.2 Å². The largest absolute Gasteiger partial charge is 0.445 e. The predicted molar refractivity (Wildman–Crippen MR) is 84.5 cm³/mol. The van der Waals surface area contributed by atoms with Crippen LogP contribution in [0.25, 0.3) is 6.08 Å². The van der Waals surface area contributed by atoms with Gasteiger partial charge in [0.1, 0.15) is 6.61 Å². The average Bonchev–Trinajstić information content (AvgIpc) is 2.51. The molecule has 2 aromatic carbocycles. The zero-order chi connectivity index (χ0) is 14.9. The average molecular weight is 282 g/mol. The first-order valence-electron chi connectivity index (χ1n) is 6.71. The third kappa shape index (κ3) is 5.40. The maximum Gasteiger partial charge on any atom is 0.407 e. The van der Waals surface area contributed by atoms with Crippen molar-refractivity contribution in [3.8, 4) is 0 Å². The van der Waals surface area contributed by atoms with Crippen molar-refractivity contribution in [2.24, 2.45) is 0 Å². The molecule has 4 heteroatoms. The summed E-state index contributed by atoms with van der Waals surface area (Å²) in [5, 5.41) is 2.66. The molecule has 0 aliphatic heterocycles. The van der Waals surface area contributed by atoms with E-state index < -0.39 is 6.09 Å². The van der Waals surface area contributed by atoms with E-state index >= 15 is 0 Å². The van der Waals surface area contributed by atoms with Crippen LogP contribution in [0.15, 0.2) is 60.7 Å². The summed E-state index contributed by atoms with van der Waals surface area (Å²) in [4.78, 5) is 11.5. The van der Waals surface area contributed by atoms with Crippen LogP contribution in [-0.2, 0) is 11.3 Å². The van der Waals surface area contributed by atoms with Crippen LogP contribution in [0.4, 0.5) is 10.5 Å². The van der Waals surface area contributed by atoms with Crippen molar-refractivity contribution in [2.45, 2.75) is 6.61 Å². The highest BCUT2D eigenvalue weighted by Crippen LogP contribution is 2.07. The molecule has 2 rings (SSSR count). The first kappa shape index (κ1) is 14.7. The Hall–Kier alpha value is -2.75. The summed E-state index contributed by atoms with van der Waals surface area (Å²) in [6, 6.07) is 17.1. The number of carbonyl (C=O) groups excluding carboxylic acids is 1. The van der Waals surface area contributed by atoms with Crippen LogP contribution in [0, 0.1) is 0 Å². The molecule has 0 spiro atoms. The van der Waals surface area contributed by atoms with Crippen molar-refractivity contribution in [3.05, 3.63) is 71.8 Å². The molecule has 3 N–H and O–H groups in total. The van der Waals surface area contributed by atoms with Gasteiger partial charge in [-0.2, -0.15) is 0 Å². The molecule has 0 heterocycles. The molecule has 0 saturated carbocycles. The number of hydrogen-bond acceptors (Lipinski definition) is 3. The summed E-state index contributed by atoms with van der Waals surface area (Å²) < 4.78 is 5.10. The molecule has 0 aromatic heterocycles. The van der Waals surface area contributed by atoms with Gasteiger partial charge in [0.15, 0.2) is 0 Å². The topological polar surface area (TPSA) is 64.3 Å². The molecule has 0 bridgehead atoms. The minimum atomic E-state index is -0.434. The minimum Gasteiger partial charge on any atom is -0.445 e. The predicted octanol–water partition coefficient (Wildman–Crippen LogP) is 3.21. The third-order valence-corrected chi connectivity index (χ3v) is 2.80. The van der Waals surface area contributed by atoms with Crippen molar-refractivity contribution >= 4 is 17.9 Å². The molecule has 4 nitrogen and oxygen atoms in total. The molecule has 0 saturated heterocycles. The van der Waals surface area contributed by atoms with Crippen LogP contribution in [-0.4, -0.2) is 12.6 Å². The number of hydrogen-bond donors (Lipinski definition) is 2. The van der Waals surface area contributed by atoms with Gasteiger partial charge in [-0.3, -0.25) is 0 Å². The van der Waals surface area contributed by atoms with Crippen molar-refractivity contribution in [3.63, 3.8) is 0 Å². The molecule has 1 amide bonds. The van der Waals surface area contributed by atoms with E-state index in [0.717, 1.165) is 11.1 Å². The van der Waals surface area contributed by atoms with Crippen LogP contribution < -0.4 is 11.1 Å². The number of benzene rings is 2. The molecular weight excluding hydrogens is 264 g/mol. The Morgan fingerprint density at radius 3 is 2.71 bits per heavy atom. The van der Waals surface area contributed by atoms with Gasteiger partial charge in [-0.1, -0.05) is 54.6 Å². The number of nitrogens with two attached hydrogens (primary N) is 1. The summed E-state index contributed by atoms with van der Waals surface area (Å²) in [6.07, 6.45) is 3.31. The minimum absolute atomic E-state index is 0.269. The number of nitrogens with one attached hydrogen (secondary N) is 1. The van der Waals surface area contributed by atoms with Crippen LogP contribution in [0.2, 0.25) is 0 Å². The van der Waals surface area contributed by atoms with Gasteiger partial charge >= 0.3 is 6.09 Å². The second-order valence-corrected chi connectivity index (χ2v) is 4.52. The van der Waals surface area contributed by atoms with E-state index in [4.69, 9.17) is 10.5 Å². The first-order chi connectivity index (χ1) is 10.2. The number of alkyl carbamates (subject to hydrolysis) is 1. The second-order valence-electron chi connectivity index (χ2n) is 4.52. The van der Waals surface area contributed by atoms with Crippen LogP contribution in [0.5, 0.6) is 0 Å². The van der Waals surface area contributed by atoms with E-state index in [-0.39, 0.29) is 6.61 Å². The lowest BCUT2D eigenvalue weighted by molar-refractivity contribution is 0.141. The Balaban J connectivity index is 1.69. The first-order valence-corrected chi connectivity index (χ1v) is 6.71. The van der Waals surface area contributed by atoms with E-state index in [1.54, 1.807) is 0 Å². The van der Waals surface area contributed by atoms with Gasteiger partial charge in [-0.25, -0.2) is 4.79 Å². The third-order valence-electron chi connectivity index (χ3n) is 2.80. The zero-order valence-electron chi connectivity index (χ0n) is 11.7. The number of carbonyl (C=O) groups is 1. The van der Waals surface area contributed by atoms with Crippen molar-refractivity contribution in [1.29, 1.82) is 0 Å².